The Morgan fingerprint density at radius 1 is 1.00 bits per heavy atom. The van der Waals surface area contributed by atoms with Crippen LogP contribution in [0.4, 0.5) is 11.4 Å². The average molecular weight is 376 g/mol. The smallest absolute Gasteiger partial charge is 0.338 e. The van der Waals surface area contributed by atoms with Gasteiger partial charge in [0.1, 0.15) is 6.61 Å². The number of anilines is 1. The van der Waals surface area contributed by atoms with Crippen molar-refractivity contribution in [2.75, 3.05) is 5.32 Å². The van der Waals surface area contributed by atoms with Gasteiger partial charge in [0.2, 0.25) is 0 Å². The molecule has 3 aromatic rings. The Balaban J connectivity index is 1.54. The number of non-ortho nitro benzene ring substituents is 1. The fourth-order valence-electron chi connectivity index (χ4n) is 2.63. The van der Waals surface area contributed by atoms with Gasteiger partial charge in [-0.15, -0.1) is 0 Å². The van der Waals surface area contributed by atoms with Crippen LogP contribution in [0.15, 0.2) is 72.8 Å². The monoisotopic (exact) mass is 376 g/mol. The van der Waals surface area contributed by atoms with Gasteiger partial charge in [-0.05, 0) is 42.3 Å². The largest absolute Gasteiger partial charge is 0.457 e. The zero-order valence-electron chi connectivity index (χ0n) is 15.4. The number of rotatable bonds is 7. The molecule has 3 aromatic carbocycles. The third-order valence-corrected chi connectivity index (χ3v) is 4.23. The van der Waals surface area contributed by atoms with E-state index in [1.165, 1.54) is 17.7 Å². The van der Waals surface area contributed by atoms with E-state index in [1.807, 2.05) is 43.3 Å². The van der Waals surface area contributed by atoms with Gasteiger partial charge in [-0.25, -0.2) is 4.79 Å². The van der Waals surface area contributed by atoms with Gasteiger partial charge in [0.25, 0.3) is 5.69 Å². The zero-order valence-corrected chi connectivity index (χ0v) is 15.4. The molecular formula is C22H20N2O4. The summed E-state index contributed by atoms with van der Waals surface area (Å²) in [5, 5.41) is 14.1. The van der Waals surface area contributed by atoms with Crippen LogP contribution in [0, 0.1) is 17.0 Å². The highest BCUT2D eigenvalue weighted by Crippen LogP contribution is 2.15. The van der Waals surface area contributed by atoms with Crippen LogP contribution >= 0.6 is 0 Å². The molecule has 0 amide bonds. The minimum atomic E-state index is -0.477. The Bertz CT molecular complexity index is 967. The lowest BCUT2D eigenvalue weighted by Gasteiger charge is -2.08. The van der Waals surface area contributed by atoms with Crippen LogP contribution in [0.3, 0.4) is 0 Å². The van der Waals surface area contributed by atoms with Crippen LogP contribution in [0.2, 0.25) is 0 Å². The molecule has 0 unspecified atom stereocenters. The van der Waals surface area contributed by atoms with Gasteiger partial charge in [0.05, 0.1) is 10.5 Å². The molecule has 0 aliphatic carbocycles. The Morgan fingerprint density at radius 3 is 2.39 bits per heavy atom. The summed E-state index contributed by atoms with van der Waals surface area (Å²) in [4.78, 5) is 22.5. The molecule has 142 valence electrons. The standard InChI is InChI=1S/C22H20N2O4/c1-16-5-11-20(12-6-16)23-14-17-7-9-19(10-8-17)22(25)28-15-18-3-2-4-21(13-18)24(26)27/h2-13,23H,14-15H2,1H3. The molecule has 0 aliphatic heterocycles. The van der Waals surface area contributed by atoms with E-state index >= 15 is 0 Å². The number of esters is 1. The lowest BCUT2D eigenvalue weighted by molar-refractivity contribution is -0.384. The molecule has 6 heteroatoms. The molecule has 1 N–H and O–H groups in total. The molecule has 0 bridgehead atoms. The fraction of sp³-hybridized carbons (Fsp3) is 0.136. The molecule has 0 atom stereocenters. The van der Waals surface area contributed by atoms with Gasteiger partial charge >= 0.3 is 5.97 Å². The molecule has 0 radical (unpaired) electrons. The Morgan fingerprint density at radius 2 is 1.71 bits per heavy atom. The van der Waals surface area contributed by atoms with E-state index in [0.29, 0.717) is 17.7 Å². The molecule has 3 rings (SSSR count). The second-order valence-corrected chi connectivity index (χ2v) is 6.42. The highest BCUT2D eigenvalue weighted by Gasteiger charge is 2.10. The van der Waals surface area contributed by atoms with E-state index < -0.39 is 10.9 Å². The average Bonchev–Trinajstić information content (AvgIpc) is 2.72. The molecule has 0 fully saturated rings. The van der Waals surface area contributed by atoms with Crippen molar-refractivity contribution in [3.63, 3.8) is 0 Å². The Kier molecular flexibility index (Phi) is 6.01. The van der Waals surface area contributed by atoms with Crippen molar-refractivity contribution >= 4 is 17.3 Å². The number of carbonyl (C=O) groups is 1. The van der Waals surface area contributed by atoms with E-state index in [0.717, 1.165) is 11.3 Å². The number of aryl methyl sites for hydroxylation is 1. The van der Waals surface area contributed by atoms with Crippen molar-refractivity contribution in [1.29, 1.82) is 0 Å². The summed E-state index contributed by atoms with van der Waals surface area (Å²) in [5.74, 6) is -0.468. The number of nitrogens with one attached hydrogen (secondary N) is 1. The number of hydrogen-bond acceptors (Lipinski definition) is 5. The predicted octanol–water partition coefficient (Wildman–Crippen LogP) is 4.87. The van der Waals surface area contributed by atoms with Gasteiger partial charge in [-0.3, -0.25) is 10.1 Å². The lowest BCUT2D eigenvalue weighted by atomic mass is 10.1. The van der Waals surface area contributed by atoms with Crippen LogP contribution in [-0.2, 0) is 17.9 Å². The number of hydrogen-bond donors (Lipinski definition) is 1. The second-order valence-electron chi connectivity index (χ2n) is 6.42. The van der Waals surface area contributed by atoms with E-state index in [2.05, 4.69) is 5.32 Å². The van der Waals surface area contributed by atoms with Crippen LogP contribution in [0.5, 0.6) is 0 Å². The number of nitro benzene ring substituents is 1. The SMILES string of the molecule is Cc1ccc(NCc2ccc(C(=O)OCc3cccc([N+](=O)[O-])c3)cc2)cc1. The summed E-state index contributed by atoms with van der Waals surface area (Å²) in [6.07, 6.45) is 0. The van der Waals surface area contributed by atoms with E-state index in [-0.39, 0.29) is 12.3 Å². The third kappa shape index (κ3) is 5.17. The first kappa shape index (κ1) is 19.1. The van der Waals surface area contributed by atoms with Crippen molar-refractivity contribution in [3.8, 4) is 0 Å². The fourth-order valence-corrected chi connectivity index (χ4v) is 2.63. The molecular weight excluding hydrogens is 356 g/mol. The number of carbonyl (C=O) groups excluding carboxylic acids is 1. The highest BCUT2D eigenvalue weighted by atomic mass is 16.6. The molecule has 0 aromatic heterocycles. The zero-order chi connectivity index (χ0) is 19.9. The topological polar surface area (TPSA) is 81.5 Å². The third-order valence-electron chi connectivity index (χ3n) is 4.23. The lowest BCUT2D eigenvalue weighted by Crippen LogP contribution is -2.06. The Labute approximate surface area is 162 Å². The van der Waals surface area contributed by atoms with Gasteiger partial charge in [-0.2, -0.15) is 0 Å². The maximum Gasteiger partial charge on any atom is 0.338 e. The summed E-state index contributed by atoms with van der Waals surface area (Å²) in [5.41, 5.74) is 4.25. The number of benzene rings is 3. The maximum absolute atomic E-state index is 12.2. The second kappa shape index (κ2) is 8.81. The first-order chi connectivity index (χ1) is 13.5. The van der Waals surface area contributed by atoms with E-state index in [1.54, 1.807) is 24.3 Å². The number of nitrogens with zero attached hydrogens (tertiary/aromatic N) is 1. The summed E-state index contributed by atoms with van der Waals surface area (Å²) in [7, 11) is 0. The van der Waals surface area contributed by atoms with Gasteiger partial charge in [-0.1, -0.05) is 42.0 Å². The summed E-state index contributed by atoms with van der Waals surface area (Å²) in [6.45, 7) is 2.67. The van der Waals surface area contributed by atoms with Gasteiger partial charge in [0, 0.05) is 24.4 Å². The first-order valence-corrected chi connectivity index (χ1v) is 8.81. The van der Waals surface area contributed by atoms with E-state index in [9.17, 15) is 14.9 Å². The molecule has 0 aliphatic rings. The normalized spacial score (nSPS) is 10.3. The summed E-state index contributed by atoms with van der Waals surface area (Å²) < 4.78 is 5.25. The minimum absolute atomic E-state index is 0.0166. The molecule has 0 heterocycles. The molecule has 0 saturated carbocycles. The summed E-state index contributed by atoms with van der Waals surface area (Å²) in [6, 6.07) is 21.3. The van der Waals surface area contributed by atoms with Gasteiger partial charge in [0.15, 0.2) is 0 Å². The van der Waals surface area contributed by atoms with Crippen molar-refractivity contribution in [3.05, 3.63) is 105 Å². The molecule has 0 saturated heterocycles. The minimum Gasteiger partial charge on any atom is -0.457 e. The van der Waals surface area contributed by atoms with E-state index in [4.69, 9.17) is 4.74 Å². The predicted molar refractivity (Wildman–Crippen MR) is 107 cm³/mol. The van der Waals surface area contributed by atoms with Gasteiger partial charge < -0.3 is 10.1 Å². The molecule has 0 spiro atoms. The van der Waals surface area contributed by atoms with Crippen LogP contribution in [-0.4, -0.2) is 10.9 Å². The molecule has 6 nitrogen and oxygen atoms in total. The van der Waals surface area contributed by atoms with Crippen molar-refractivity contribution in [2.24, 2.45) is 0 Å². The number of ether oxygens (including phenoxy) is 1. The summed E-state index contributed by atoms with van der Waals surface area (Å²) >= 11 is 0. The Hall–Kier alpha value is -3.67. The maximum atomic E-state index is 12.2. The van der Waals surface area contributed by atoms with Crippen LogP contribution in [0.1, 0.15) is 27.0 Å². The van der Waals surface area contributed by atoms with Crippen LogP contribution in [0.25, 0.3) is 0 Å². The molecule has 28 heavy (non-hydrogen) atoms. The highest BCUT2D eigenvalue weighted by molar-refractivity contribution is 5.89. The van der Waals surface area contributed by atoms with Crippen molar-refractivity contribution < 1.29 is 14.5 Å². The van der Waals surface area contributed by atoms with Crippen molar-refractivity contribution in [2.45, 2.75) is 20.1 Å². The number of nitro groups is 1. The van der Waals surface area contributed by atoms with Crippen LogP contribution < -0.4 is 5.32 Å². The first-order valence-electron chi connectivity index (χ1n) is 8.81. The quantitative estimate of drug-likeness (QED) is 0.361. The van der Waals surface area contributed by atoms with Crippen molar-refractivity contribution in [1.82, 2.24) is 0 Å².